The first kappa shape index (κ1) is 15.5. The number of nitrogens with one attached hydrogen (secondary N) is 2. The van der Waals surface area contributed by atoms with Crippen molar-refractivity contribution in [1.82, 2.24) is 19.6 Å². The quantitative estimate of drug-likeness (QED) is 0.541. The maximum Gasteiger partial charge on any atom is 0.450 e. The van der Waals surface area contributed by atoms with Crippen molar-refractivity contribution in [2.75, 3.05) is 11.6 Å². The van der Waals surface area contributed by atoms with E-state index in [0.29, 0.717) is 0 Å². The summed E-state index contributed by atoms with van der Waals surface area (Å²) in [6.07, 6.45) is 6.26. The smallest absolute Gasteiger partial charge is 0.346 e. The van der Waals surface area contributed by atoms with Crippen molar-refractivity contribution in [1.29, 1.82) is 0 Å². The zero-order valence-electron chi connectivity index (χ0n) is 13.0. The number of nitrogens with zero attached hydrogens (tertiary/aromatic N) is 3. The molecule has 0 saturated heterocycles. The fourth-order valence-electron chi connectivity index (χ4n) is 2.76. The monoisotopic (exact) mass is 357 g/mol. The van der Waals surface area contributed by atoms with E-state index >= 15 is 0 Å². The zero-order chi connectivity index (χ0) is 17.4. The maximum atomic E-state index is 11.8. The molecular weight excluding hydrogens is 345 g/mol. The highest BCUT2D eigenvalue weighted by molar-refractivity contribution is 7.99. The van der Waals surface area contributed by atoms with Crippen LogP contribution < -0.4 is 5.32 Å². The second kappa shape index (κ2) is 6.10. The average molecular weight is 357 g/mol. The van der Waals surface area contributed by atoms with Crippen molar-refractivity contribution in [3.63, 3.8) is 0 Å². The summed E-state index contributed by atoms with van der Waals surface area (Å²) in [4.78, 5) is 22.7. The van der Waals surface area contributed by atoms with Gasteiger partial charge in [-0.25, -0.2) is 19.2 Å². The minimum absolute atomic E-state index is 0.198. The summed E-state index contributed by atoms with van der Waals surface area (Å²) in [5.74, 6) is 0.198. The van der Waals surface area contributed by atoms with Crippen LogP contribution in [0.4, 0.5) is 15.1 Å². The molecule has 1 amide bonds. The SMILES string of the molecule is CSc1c(-c2ccn3nc(NC(=O)OF)cc3c2)cnc2[nH]ccc12. The summed E-state index contributed by atoms with van der Waals surface area (Å²) in [5.41, 5.74) is 3.55. The molecule has 4 heterocycles. The highest BCUT2D eigenvalue weighted by Crippen LogP contribution is 2.35. The van der Waals surface area contributed by atoms with Crippen LogP contribution in [0.15, 0.2) is 47.8 Å². The predicted octanol–water partition coefficient (Wildman–Crippen LogP) is 4.03. The van der Waals surface area contributed by atoms with E-state index in [9.17, 15) is 9.32 Å². The van der Waals surface area contributed by atoms with Gasteiger partial charge in [-0.1, -0.05) is 0 Å². The third-order valence-corrected chi connectivity index (χ3v) is 4.66. The van der Waals surface area contributed by atoms with Gasteiger partial charge in [-0.2, -0.15) is 0 Å². The lowest BCUT2D eigenvalue weighted by atomic mass is 10.1. The van der Waals surface area contributed by atoms with Crippen molar-refractivity contribution in [2.45, 2.75) is 4.90 Å². The van der Waals surface area contributed by atoms with E-state index in [0.717, 1.165) is 32.6 Å². The molecule has 0 aliphatic carbocycles. The molecule has 4 aromatic rings. The Labute approximate surface area is 145 Å². The highest BCUT2D eigenvalue weighted by atomic mass is 32.2. The zero-order valence-corrected chi connectivity index (χ0v) is 13.8. The second-order valence-corrected chi connectivity index (χ2v) is 6.07. The Balaban J connectivity index is 1.80. The molecule has 4 aromatic heterocycles. The number of anilines is 1. The number of fused-ring (bicyclic) bond motifs is 2. The van der Waals surface area contributed by atoms with Crippen molar-refractivity contribution >= 4 is 40.2 Å². The van der Waals surface area contributed by atoms with Gasteiger partial charge in [-0.15, -0.1) is 16.9 Å². The minimum Gasteiger partial charge on any atom is -0.346 e. The van der Waals surface area contributed by atoms with E-state index in [1.807, 2.05) is 36.8 Å². The van der Waals surface area contributed by atoms with Crippen LogP contribution in [0.2, 0.25) is 0 Å². The summed E-state index contributed by atoms with van der Waals surface area (Å²) in [6.45, 7) is 0. The topological polar surface area (TPSA) is 84.3 Å². The molecule has 0 saturated carbocycles. The van der Waals surface area contributed by atoms with Gasteiger partial charge in [0.1, 0.15) is 5.65 Å². The van der Waals surface area contributed by atoms with Crippen LogP contribution in [0, 0.1) is 0 Å². The van der Waals surface area contributed by atoms with Crippen LogP contribution >= 0.6 is 11.8 Å². The normalized spacial score (nSPS) is 11.1. The van der Waals surface area contributed by atoms with E-state index in [-0.39, 0.29) is 5.82 Å². The molecule has 0 fully saturated rings. The van der Waals surface area contributed by atoms with Gasteiger partial charge < -0.3 is 4.98 Å². The van der Waals surface area contributed by atoms with Gasteiger partial charge in [0.25, 0.3) is 0 Å². The van der Waals surface area contributed by atoms with Crippen molar-refractivity contribution in [3.05, 3.63) is 42.9 Å². The highest BCUT2D eigenvalue weighted by Gasteiger charge is 2.13. The Morgan fingerprint density at radius 2 is 2.28 bits per heavy atom. The van der Waals surface area contributed by atoms with Gasteiger partial charge in [-0.3, -0.25) is 5.32 Å². The number of thioether (sulfide) groups is 1. The summed E-state index contributed by atoms with van der Waals surface area (Å²) >= 11 is 1.65. The van der Waals surface area contributed by atoms with Crippen molar-refractivity contribution < 1.29 is 14.3 Å². The Morgan fingerprint density at radius 3 is 3.08 bits per heavy atom. The van der Waals surface area contributed by atoms with Gasteiger partial charge in [0.15, 0.2) is 5.82 Å². The number of amides is 1. The molecule has 25 heavy (non-hydrogen) atoms. The van der Waals surface area contributed by atoms with E-state index in [1.165, 1.54) is 0 Å². The van der Waals surface area contributed by atoms with E-state index in [4.69, 9.17) is 0 Å². The van der Waals surface area contributed by atoms with E-state index in [2.05, 4.69) is 25.3 Å². The number of hydrogen-bond acceptors (Lipinski definition) is 5. The van der Waals surface area contributed by atoms with E-state index in [1.54, 1.807) is 28.5 Å². The second-order valence-electron chi connectivity index (χ2n) is 5.25. The number of rotatable bonds is 3. The molecule has 4 rings (SSSR count). The molecule has 126 valence electrons. The van der Waals surface area contributed by atoms with Gasteiger partial charge in [0, 0.05) is 45.0 Å². The lowest BCUT2D eigenvalue weighted by Gasteiger charge is -2.09. The number of carbonyl (C=O) groups excluding carboxylic acids is 1. The molecule has 0 spiro atoms. The number of pyridine rings is 2. The standard InChI is InChI=1S/C16H12FN5O2S/c1-25-14-11-2-4-18-15(11)19-8-12(14)9-3-5-22-10(6-9)7-13(21-22)20-16(23)24-17/h2-8H,1H3,(H,18,19)(H,20,21,23). The Morgan fingerprint density at radius 1 is 1.40 bits per heavy atom. The third-order valence-electron chi connectivity index (χ3n) is 3.82. The first-order valence-corrected chi connectivity index (χ1v) is 8.51. The first-order valence-electron chi connectivity index (χ1n) is 7.29. The van der Waals surface area contributed by atoms with Gasteiger partial charge in [0.05, 0.1) is 5.52 Å². The van der Waals surface area contributed by atoms with Gasteiger partial charge >= 0.3 is 6.09 Å². The number of hydrogen-bond donors (Lipinski definition) is 2. The Bertz CT molecular complexity index is 1090. The fraction of sp³-hybridized carbons (Fsp3) is 0.0625. The minimum atomic E-state index is -1.21. The molecule has 0 radical (unpaired) electrons. The lowest BCUT2D eigenvalue weighted by molar-refractivity contribution is -0.0544. The molecule has 9 heteroatoms. The number of aromatic amines is 1. The van der Waals surface area contributed by atoms with Crippen LogP contribution in [-0.4, -0.2) is 31.9 Å². The molecule has 0 aliphatic rings. The molecule has 2 N–H and O–H groups in total. The van der Waals surface area contributed by atoms with Gasteiger partial charge in [-0.05, 0) is 30.0 Å². The average Bonchev–Trinajstić information content (AvgIpc) is 3.25. The largest absolute Gasteiger partial charge is 0.450 e. The number of aromatic nitrogens is 4. The predicted molar refractivity (Wildman–Crippen MR) is 93.3 cm³/mol. The first-order chi connectivity index (χ1) is 12.2. The van der Waals surface area contributed by atoms with Crippen LogP contribution in [0.5, 0.6) is 0 Å². The van der Waals surface area contributed by atoms with Crippen molar-refractivity contribution in [2.24, 2.45) is 0 Å². The van der Waals surface area contributed by atoms with Crippen LogP contribution in [0.1, 0.15) is 0 Å². The molecule has 0 bridgehead atoms. The molecule has 7 nitrogen and oxygen atoms in total. The van der Waals surface area contributed by atoms with E-state index < -0.39 is 6.09 Å². The fourth-order valence-corrected chi connectivity index (χ4v) is 3.53. The molecule has 0 unspecified atom stereocenters. The summed E-state index contributed by atoms with van der Waals surface area (Å²) in [6, 6.07) is 7.46. The summed E-state index contributed by atoms with van der Waals surface area (Å²) in [7, 11) is 0. The Hall–Kier alpha value is -3.07. The summed E-state index contributed by atoms with van der Waals surface area (Å²) in [5, 5.41) is 7.39. The maximum absolute atomic E-state index is 11.8. The molecule has 0 aromatic carbocycles. The summed E-state index contributed by atoms with van der Waals surface area (Å²) < 4.78 is 13.4. The Kier molecular flexibility index (Phi) is 3.77. The van der Waals surface area contributed by atoms with Crippen LogP contribution in [0.3, 0.4) is 0 Å². The van der Waals surface area contributed by atoms with Crippen molar-refractivity contribution in [3.8, 4) is 11.1 Å². The third kappa shape index (κ3) is 2.68. The number of H-pyrrole nitrogens is 1. The van der Waals surface area contributed by atoms with Crippen LogP contribution in [0.25, 0.3) is 27.7 Å². The molecule has 0 aliphatic heterocycles. The van der Waals surface area contributed by atoms with Gasteiger partial charge in [0.2, 0.25) is 0 Å². The number of carbonyl (C=O) groups is 1. The van der Waals surface area contributed by atoms with Crippen LogP contribution in [-0.2, 0) is 4.94 Å². The lowest BCUT2D eigenvalue weighted by Crippen LogP contribution is -2.09. The number of halogens is 1. The molecular formula is C16H12FN5O2S. The molecule has 0 atom stereocenters.